The molecule has 1 atom stereocenters. The van der Waals surface area contributed by atoms with Gasteiger partial charge in [-0.1, -0.05) is 0 Å². The maximum absolute atomic E-state index is 11.1. The van der Waals surface area contributed by atoms with Gasteiger partial charge in [-0.3, -0.25) is 4.79 Å². The predicted octanol–water partition coefficient (Wildman–Crippen LogP) is 3.54. The molecule has 0 saturated heterocycles. The van der Waals surface area contributed by atoms with E-state index in [2.05, 4.69) is 38.4 Å². The molecule has 0 rings (SSSR count). The summed E-state index contributed by atoms with van der Waals surface area (Å²) >= 11 is 0. The summed E-state index contributed by atoms with van der Waals surface area (Å²) < 4.78 is 14.0. The van der Waals surface area contributed by atoms with Crippen molar-refractivity contribution in [3.63, 3.8) is 0 Å². The van der Waals surface area contributed by atoms with E-state index in [1.54, 1.807) is 18.9 Å². The van der Waals surface area contributed by atoms with Crippen LogP contribution >= 0.6 is 8.53 Å². The number of unbranched alkanes of at least 4 members (excludes halogenated alkanes) is 1. The quantitative estimate of drug-likeness (QED) is 0.400. The first-order valence-electron chi connectivity index (χ1n) is 8.24. The summed E-state index contributed by atoms with van der Waals surface area (Å²) in [5.41, 5.74) is 0. The molecule has 0 spiro atoms. The molecule has 0 N–H and O–H groups in total. The lowest BCUT2D eigenvalue weighted by Gasteiger charge is -2.35. The Bertz CT molecular complexity index is 364. The van der Waals surface area contributed by atoms with Gasteiger partial charge in [-0.25, -0.2) is 4.67 Å². The number of rotatable bonds is 12. The predicted molar refractivity (Wildman–Crippen MR) is 93.7 cm³/mol. The molecular formula is C16H32N3O3P. The molecule has 6 nitrogen and oxygen atoms in total. The molecule has 134 valence electrons. The molecule has 0 aromatic rings. The van der Waals surface area contributed by atoms with Crippen molar-refractivity contribution in [1.82, 2.24) is 9.57 Å². The summed E-state index contributed by atoms with van der Waals surface area (Å²) in [6.45, 7) is 11.8. The van der Waals surface area contributed by atoms with Crippen molar-refractivity contribution in [2.75, 3.05) is 26.8 Å². The minimum Gasteiger partial charge on any atom is -0.346 e. The molecule has 0 aliphatic carbocycles. The summed E-state index contributed by atoms with van der Waals surface area (Å²) in [6, 6.07) is 2.72. The summed E-state index contributed by atoms with van der Waals surface area (Å²) in [4.78, 5) is 12.9. The minimum absolute atomic E-state index is 0.0822. The Balaban J connectivity index is 4.35. The van der Waals surface area contributed by atoms with E-state index < -0.39 is 8.53 Å². The highest BCUT2D eigenvalue weighted by molar-refractivity contribution is 7.44. The second-order valence-electron chi connectivity index (χ2n) is 6.03. The largest absolute Gasteiger partial charge is 0.346 e. The van der Waals surface area contributed by atoms with Gasteiger partial charge in [-0.15, -0.1) is 0 Å². The van der Waals surface area contributed by atoms with E-state index in [0.29, 0.717) is 31.7 Å². The topological polar surface area (TPSA) is 65.8 Å². The van der Waals surface area contributed by atoms with Crippen molar-refractivity contribution >= 4 is 14.4 Å². The molecule has 0 heterocycles. The maximum Gasteiger partial charge on any atom is 0.259 e. The van der Waals surface area contributed by atoms with Crippen LogP contribution in [0.1, 0.15) is 53.9 Å². The zero-order chi connectivity index (χ0) is 17.8. The van der Waals surface area contributed by atoms with Gasteiger partial charge in [-0.2, -0.15) is 5.26 Å². The minimum atomic E-state index is -1.16. The highest BCUT2D eigenvalue weighted by Crippen LogP contribution is 2.46. The lowest BCUT2D eigenvalue weighted by atomic mass is 10.3. The van der Waals surface area contributed by atoms with E-state index in [1.807, 2.05) is 0 Å². The fourth-order valence-corrected chi connectivity index (χ4v) is 3.69. The van der Waals surface area contributed by atoms with E-state index in [0.717, 1.165) is 19.4 Å². The summed E-state index contributed by atoms with van der Waals surface area (Å²) in [5, 5.41) is 8.67. The summed E-state index contributed by atoms with van der Waals surface area (Å²) in [7, 11) is 0.649. The van der Waals surface area contributed by atoms with Gasteiger partial charge in [-0.05, 0) is 40.5 Å². The van der Waals surface area contributed by atoms with Crippen molar-refractivity contribution < 1.29 is 13.8 Å². The van der Waals surface area contributed by atoms with E-state index >= 15 is 0 Å². The third kappa shape index (κ3) is 9.88. The molecule has 0 fully saturated rings. The number of hydrogen-bond donors (Lipinski definition) is 0. The normalized spacial score (nSPS) is 12.7. The molecule has 0 aromatic heterocycles. The first-order valence-corrected chi connectivity index (χ1v) is 9.37. The lowest BCUT2D eigenvalue weighted by molar-refractivity contribution is -0.127. The second-order valence-corrected chi connectivity index (χ2v) is 7.48. The number of nitrogens with zero attached hydrogens (tertiary/aromatic N) is 3. The molecule has 1 amide bonds. The van der Waals surface area contributed by atoms with E-state index in [9.17, 15) is 4.79 Å². The SMILES string of the molecule is CC(=O)N(C)CCCCOP(OCCC#N)N(C(C)C)C(C)C. The van der Waals surface area contributed by atoms with Crippen LogP contribution in [0.2, 0.25) is 0 Å². The van der Waals surface area contributed by atoms with Crippen LogP contribution in [0.15, 0.2) is 0 Å². The van der Waals surface area contributed by atoms with Crippen LogP contribution in [-0.2, 0) is 13.8 Å². The first kappa shape index (κ1) is 22.3. The van der Waals surface area contributed by atoms with Crippen LogP contribution < -0.4 is 0 Å². The van der Waals surface area contributed by atoms with Crippen molar-refractivity contribution in [3.8, 4) is 6.07 Å². The Labute approximate surface area is 142 Å². The van der Waals surface area contributed by atoms with Crippen molar-refractivity contribution in [2.45, 2.75) is 66.0 Å². The summed E-state index contributed by atoms with van der Waals surface area (Å²) in [5.74, 6) is 0.0822. The number of nitriles is 1. The Hall–Kier alpha value is -0.730. The Kier molecular flexibility index (Phi) is 12.3. The van der Waals surface area contributed by atoms with E-state index in [4.69, 9.17) is 14.3 Å². The van der Waals surface area contributed by atoms with Crippen LogP contribution in [-0.4, -0.2) is 54.4 Å². The molecule has 0 radical (unpaired) electrons. The van der Waals surface area contributed by atoms with Crippen molar-refractivity contribution in [3.05, 3.63) is 0 Å². The lowest BCUT2D eigenvalue weighted by Crippen LogP contribution is -2.33. The van der Waals surface area contributed by atoms with Crippen LogP contribution in [0, 0.1) is 11.3 Å². The van der Waals surface area contributed by atoms with Gasteiger partial charge in [0.05, 0.1) is 25.7 Å². The molecule has 7 heteroatoms. The van der Waals surface area contributed by atoms with Gasteiger partial charge in [0.15, 0.2) is 0 Å². The number of carbonyl (C=O) groups is 1. The zero-order valence-electron chi connectivity index (χ0n) is 15.4. The molecule has 0 aromatic carbocycles. The highest BCUT2D eigenvalue weighted by Gasteiger charge is 2.26. The van der Waals surface area contributed by atoms with Crippen LogP contribution in [0.25, 0.3) is 0 Å². The van der Waals surface area contributed by atoms with Crippen LogP contribution in [0.4, 0.5) is 0 Å². The standard InChI is InChI=1S/C16H32N3O3P/c1-14(2)19(15(3)4)23(22-13-9-10-17)21-12-8-7-11-18(6)16(5)20/h14-15H,7-9,11-13H2,1-6H3. The molecule has 23 heavy (non-hydrogen) atoms. The molecule has 0 bridgehead atoms. The van der Waals surface area contributed by atoms with Gasteiger partial charge >= 0.3 is 0 Å². The summed E-state index contributed by atoms with van der Waals surface area (Å²) in [6.07, 6.45) is 2.15. The number of carbonyl (C=O) groups excluding carboxylic acids is 1. The molecule has 0 saturated carbocycles. The third-order valence-corrected chi connectivity index (χ3v) is 5.40. The molecule has 0 aliphatic heterocycles. The van der Waals surface area contributed by atoms with Crippen LogP contribution in [0.3, 0.4) is 0 Å². The Morgan fingerprint density at radius 3 is 2.17 bits per heavy atom. The van der Waals surface area contributed by atoms with Gasteiger partial charge < -0.3 is 13.9 Å². The van der Waals surface area contributed by atoms with Crippen molar-refractivity contribution in [2.24, 2.45) is 0 Å². The van der Waals surface area contributed by atoms with Gasteiger partial charge in [0.1, 0.15) is 0 Å². The van der Waals surface area contributed by atoms with Gasteiger partial charge in [0.25, 0.3) is 8.53 Å². The molecule has 1 unspecified atom stereocenters. The monoisotopic (exact) mass is 345 g/mol. The fraction of sp³-hybridized carbons (Fsp3) is 0.875. The Morgan fingerprint density at radius 2 is 1.70 bits per heavy atom. The average molecular weight is 345 g/mol. The molecular weight excluding hydrogens is 313 g/mol. The first-order chi connectivity index (χ1) is 10.8. The van der Waals surface area contributed by atoms with E-state index in [-0.39, 0.29) is 5.91 Å². The fourth-order valence-electron chi connectivity index (χ4n) is 2.06. The maximum atomic E-state index is 11.1. The third-order valence-electron chi connectivity index (χ3n) is 3.29. The zero-order valence-corrected chi connectivity index (χ0v) is 16.3. The van der Waals surface area contributed by atoms with Crippen molar-refractivity contribution in [1.29, 1.82) is 5.26 Å². The smallest absolute Gasteiger partial charge is 0.259 e. The van der Waals surface area contributed by atoms with Gasteiger partial charge in [0, 0.05) is 32.6 Å². The molecule has 0 aliphatic rings. The van der Waals surface area contributed by atoms with Gasteiger partial charge in [0.2, 0.25) is 5.91 Å². The second kappa shape index (κ2) is 12.7. The average Bonchev–Trinajstić information content (AvgIpc) is 2.45. The highest BCUT2D eigenvalue weighted by atomic mass is 31.2. The Morgan fingerprint density at radius 1 is 1.13 bits per heavy atom. The number of hydrogen-bond acceptors (Lipinski definition) is 5. The van der Waals surface area contributed by atoms with Crippen LogP contribution in [0.5, 0.6) is 0 Å². The number of amides is 1. The van der Waals surface area contributed by atoms with E-state index in [1.165, 1.54) is 0 Å².